The predicted octanol–water partition coefficient (Wildman–Crippen LogP) is 1.80. The average molecular weight is 348 g/mol. The van der Waals surface area contributed by atoms with Gasteiger partial charge in [0.25, 0.3) is 0 Å². The zero-order chi connectivity index (χ0) is 17.3. The minimum Gasteiger partial charge on any atom is -0.424 e. The number of carbonyl (C=O) groups is 1. The Kier molecular flexibility index (Phi) is 4.78. The molecule has 0 unspecified atom stereocenters. The number of carbonyl (C=O) groups excluding carboxylic acids is 1. The van der Waals surface area contributed by atoms with Crippen LogP contribution in [0.5, 0.6) is 0 Å². The molecule has 2 saturated heterocycles. The van der Waals surface area contributed by atoms with E-state index in [1.807, 2.05) is 4.90 Å². The van der Waals surface area contributed by atoms with E-state index in [1.54, 1.807) is 7.11 Å². The smallest absolute Gasteiger partial charge is 0.230 e. The molecule has 1 aliphatic carbocycles. The molecule has 138 valence electrons. The summed E-state index contributed by atoms with van der Waals surface area (Å²) in [6, 6.07) is 0. The van der Waals surface area contributed by atoms with Crippen LogP contribution in [0.2, 0.25) is 0 Å². The van der Waals surface area contributed by atoms with Gasteiger partial charge in [-0.3, -0.25) is 9.69 Å². The maximum absolute atomic E-state index is 12.3. The van der Waals surface area contributed by atoms with E-state index in [1.165, 1.54) is 12.8 Å². The van der Waals surface area contributed by atoms with Gasteiger partial charge in [-0.15, -0.1) is 10.2 Å². The standard InChI is InChI=1S/C18H28N4O3/c1-24-10-2-7-22-13-18(11-16(22)23)5-8-21(9-6-18)12-15-19-20-17(25-15)14-3-4-14/h14H,2-13H2,1H3. The van der Waals surface area contributed by atoms with Crippen LogP contribution in [0.25, 0.3) is 0 Å². The number of hydrogen-bond donors (Lipinski definition) is 0. The van der Waals surface area contributed by atoms with Crippen molar-refractivity contribution >= 4 is 5.91 Å². The molecule has 1 aromatic rings. The molecule has 2 aliphatic heterocycles. The Morgan fingerprint density at radius 1 is 1.28 bits per heavy atom. The van der Waals surface area contributed by atoms with Gasteiger partial charge in [0.15, 0.2) is 0 Å². The molecule has 0 aromatic carbocycles. The van der Waals surface area contributed by atoms with E-state index in [-0.39, 0.29) is 5.41 Å². The van der Waals surface area contributed by atoms with Gasteiger partial charge >= 0.3 is 0 Å². The van der Waals surface area contributed by atoms with Gasteiger partial charge in [-0.05, 0) is 50.6 Å². The lowest BCUT2D eigenvalue weighted by atomic mass is 9.77. The highest BCUT2D eigenvalue weighted by atomic mass is 16.5. The number of amides is 1. The van der Waals surface area contributed by atoms with Crippen LogP contribution in [0, 0.1) is 5.41 Å². The number of rotatable bonds is 7. The Labute approximate surface area is 148 Å². The summed E-state index contributed by atoms with van der Waals surface area (Å²) in [4.78, 5) is 16.7. The van der Waals surface area contributed by atoms with Crippen molar-refractivity contribution in [2.45, 2.75) is 51.0 Å². The summed E-state index contributed by atoms with van der Waals surface area (Å²) < 4.78 is 10.9. The van der Waals surface area contributed by atoms with Crippen molar-refractivity contribution in [1.82, 2.24) is 20.0 Å². The molecule has 3 aliphatic rings. The molecular weight excluding hydrogens is 320 g/mol. The summed E-state index contributed by atoms with van der Waals surface area (Å²) in [5.41, 5.74) is 0.175. The minimum atomic E-state index is 0.175. The highest BCUT2D eigenvalue weighted by molar-refractivity contribution is 5.79. The number of piperidine rings is 1. The van der Waals surface area contributed by atoms with Crippen LogP contribution < -0.4 is 0 Å². The number of nitrogens with zero attached hydrogens (tertiary/aromatic N) is 4. The van der Waals surface area contributed by atoms with Gasteiger partial charge in [0.05, 0.1) is 6.54 Å². The van der Waals surface area contributed by atoms with Crippen molar-refractivity contribution in [3.05, 3.63) is 11.8 Å². The number of likely N-dealkylation sites (tertiary alicyclic amines) is 2. The highest BCUT2D eigenvalue weighted by Crippen LogP contribution is 2.42. The van der Waals surface area contributed by atoms with E-state index in [9.17, 15) is 4.79 Å². The molecule has 4 rings (SSSR count). The molecule has 25 heavy (non-hydrogen) atoms. The molecule has 0 atom stereocenters. The first kappa shape index (κ1) is 17.0. The monoisotopic (exact) mass is 348 g/mol. The Morgan fingerprint density at radius 2 is 2.08 bits per heavy atom. The number of ether oxygens (including phenoxy) is 1. The highest BCUT2D eigenvalue weighted by Gasteiger charge is 2.44. The van der Waals surface area contributed by atoms with Crippen molar-refractivity contribution in [3.8, 4) is 0 Å². The van der Waals surface area contributed by atoms with Gasteiger partial charge in [-0.1, -0.05) is 0 Å². The van der Waals surface area contributed by atoms with E-state index in [4.69, 9.17) is 9.15 Å². The summed E-state index contributed by atoms with van der Waals surface area (Å²) in [5, 5.41) is 8.36. The topological polar surface area (TPSA) is 71.7 Å². The van der Waals surface area contributed by atoms with E-state index in [0.29, 0.717) is 18.2 Å². The van der Waals surface area contributed by atoms with Crippen LogP contribution in [-0.2, 0) is 16.1 Å². The number of aromatic nitrogens is 2. The lowest BCUT2D eigenvalue weighted by molar-refractivity contribution is -0.128. The Bertz CT molecular complexity index is 605. The first-order chi connectivity index (χ1) is 12.2. The van der Waals surface area contributed by atoms with E-state index in [0.717, 1.165) is 70.4 Å². The summed E-state index contributed by atoms with van der Waals surface area (Å²) in [5.74, 6) is 2.38. The van der Waals surface area contributed by atoms with Crippen molar-refractivity contribution < 1.29 is 13.9 Å². The van der Waals surface area contributed by atoms with Gasteiger partial charge in [0, 0.05) is 39.1 Å². The SMILES string of the molecule is COCCCN1CC2(CCN(Cc3nnc(C4CC4)o3)CC2)CC1=O. The number of methoxy groups -OCH3 is 1. The van der Waals surface area contributed by atoms with E-state index < -0.39 is 0 Å². The maximum Gasteiger partial charge on any atom is 0.230 e. The molecule has 1 saturated carbocycles. The molecule has 3 heterocycles. The van der Waals surface area contributed by atoms with Gasteiger partial charge in [0.1, 0.15) is 0 Å². The lowest BCUT2D eigenvalue weighted by Crippen LogP contribution is -2.41. The molecule has 0 radical (unpaired) electrons. The molecule has 1 amide bonds. The van der Waals surface area contributed by atoms with Gasteiger partial charge in [0.2, 0.25) is 17.7 Å². The third-order valence-electron chi connectivity index (χ3n) is 5.87. The first-order valence-corrected chi connectivity index (χ1v) is 9.49. The van der Waals surface area contributed by atoms with Gasteiger partial charge in [-0.25, -0.2) is 0 Å². The third kappa shape index (κ3) is 3.87. The van der Waals surface area contributed by atoms with Crippen LogP contribution in [-0.4, -0.2) is 65.8 Å². The Hall–Kier alpha value is -1.47. The van der Waals surface area contributed by atoms with Crippen LogP contribution in [0.1, 0.15) is 56.2 Å². The Morgan fingerprint density at radius 3 is 2.80 bits per heavy atom. The molecule has 7 nitrogen and oxygen atoms in total. The van der Waals surface area contributed by atoms with Crippen molar-refractivity contribution in [3.63, 3.8) is 0 Å². The summed E-state index contributed by atoms with van der Waals surface area (Å²) in [6.07, 6.45) is 6.14. The lowest BCUT2D eigenvalue weighted by Gasteiger charge is -2.38. The molecule has 0 N–H and O–H groups in total. The van der Waals surface area contributed by atoms with Crippen LogP contribution in [0.4, 0.5) is 0 Å². The van der Waals surface area contributed by atoms with Crippen LogP contribution in [0.15, 0.2) is 4.42 Å². The molecule has 1 aromatic heterocycles. The fraction of sp³-hybridized carbons (Fsp3) is 0.833. The largest absolute Gasteiger partial charge is 0.424 e. The normalized spacial score (nSPS) is 23.7. The zero-order valence-electron chi connectivity index (χ0n) is 15.1. The zero-order valence-corrected chi connectivity index (χ0v) is 15.1. The van der Waals surface area contributed by atoms with Gasteiger partial charge in [-0.2, -0.15) is 0 Å². The van der Waals surface area contributed by atoms with Crippen LogP contribution >= 0.6 is 0 Å². The predicted molar refractivity (Wildman–Crippen MR) is 90.9 cm³/mol. The second-order valence-corrected chi connectivity index (χ2v) is 7.92. The van der Waals surface area contributed by atoms with Crippen molar-refractivity contribution in [2.24, 2.45) is 5.41 Å². The second kappa shape index (κ2) is 7.03. The molecule has 7 heteroatoms. The molecule has 0 bridgehead atoms. The number of hydrogen-bond acceptors (Lipinski definition) is 6. The minimum absolute atomic E-state index is 0.175. The quantitative estimate of drug-likeness (QED) is 0.700. The molecular formula is C18H28N4O3. The maximum atomic E-state index is 12.3. The van der Waals surface area contributed by atoms with Crippen molar-refractivity contribution in [2.75, 3.05) is 39.9 Å². The third-order valence-corrected chi connectivity index (χ3v) is 5.87. The van der Waals surface area contributed by atoms with E-state index in [2.05, 4.69) is 15.1 Å². The average Bonchev–Trinajstić information content (AvgIpc) is 3.28. The summed E-state index contributed by atoms with van der Waals surface area (Å²) in [7, 11) is 1.71. The summed E-state index contributed by atoms with van der Waals surface area (Å²) in [6.45, 7) is 5.19. The van der Waals surface area contributed by atoms with Crippen LogP contribution in [0.3, 0.4) is 0 Å². The molecule has 1 spiro atoms. The second-order valence-electron chi connectivity index (χ2n) is 7.92. The first-order valence-electron chi connectivity index (χ1n) is 9.49. The summed E-state index contributed by atoms with van der Waals surface area (Å²) >= 11 is 0. The van der Waals surface area contributed by atoms with Crippen molar-refractivity contribution in [1.29, 1.82) is 0 Å². The fourth-order valence-corrected chi connectivity index (χ4v) is 4.12. The fourth-order valence-electron chi connectivity index (χ4n) is 4.12. The van der Waals surface area contributed by atoms with Gasteiger partial charge < -0.3 is 14.1 Å². The van der Waals surface area contributed by atoms with E-state index >= 15 is 0 Å². The Balaban J connectivity index is 1.26. The molecule has 3 fully saturated rings.